The maximum Gasteiger partial charge on any atom is 0.218 e. The molecule has 0 saturated heterocycles. The quantitative estimate of drug-likeness (QED) is 0.623. The third-order valence-electron chi connectivity index (χ3n) is 2.81. The Balaban J connectivity index is 2.03. The van der Waals surface area contributed by atoms with Gasteiger partial charge in [0.1, 0.15) is 5.82 Å². The van der Waals surface area contributed by atoms with Crippen molar-refractivity contribution in [1.82, 2.24) is 4.98 Å². The molecule has 3 aromatic rings. The predicted molar refractivity (Wildman–Crippen MR) is 78.2 cm³/mol. The molecule has 0 unspecified atom stereocenters. The zero-order chi connectivity index (χ0) is 14.1. The van der Waals surface area contributed by atoms with E-state index in [9.17, 15) is 9.50 Å². The molecule has 0 fully saturated rings. The summed E-state index contributed by atoms with van der Waals surface area (Å²) in [6.45, 7) is 0. The maximum atomic E-state index is 12.8. The summed E-state index contributed by atoms with van der Waals surface area (Å²) in [5.41, 5.74) is 1.62. The summed E-state index contributed by atoms with van der Waals surface area (Å²) >= 11 is 3.37. The van der Waals surface area contributed by atoms with Crippen molar-refractivity contribution in [3.63, 3.8) is 0 Å². The molecule has 2 aromatic carbocycles. The van der Waals surface area contributed by atoms with E-state index in [2.05, 4.69) is 31.1 Å². The first-order valence-corrected chi connectivity index (χ1v) is 6.60. The second-order valence-corrected chi connectivity index (χ2v) is 5.10. The van der Waals surface area contributed by atoms with Crippen molar-refractivity contribution >= 4 is 38.2 Å². The van der Waals surface area contributed by atoms with Crippen molar-refractivity contribution in [3.8, 4) is 5.88 Å². The molecule has 0 amide bonds. The van der Waals surface area contributed by atoms with Gasteiger partial charge in [0.15, 0.2) is 5.69 Å². The monoisotopic (exact) mass is 333 g/mol. The van der Waals surface area contributed by atoms with Crippen LogP contribution in [-0.2, 0) is 0 Å². The van der Waals surface area contributed by atoms with Crippen LogP contribution in [0.2, 0.25) is 0 Å². The molecule has 0 atom stereocenters. The Bertz CT molecular complexity index is 796. The van der Waals surface area contributed by atoms with Crippen molar-refractivity contribution in [3.05, 3.63) is 52.8 Å². The molecule has 100 valence electrons. The fourth-order valence-electron chi connectivity index (χ4n) is 1.85. The van der Waals surface area contributed by atoms with Crippen LogP contribution in [0.25, 0.3) is 10.9 Å². The first-order valence-electron chi connectivity index (χ1n) is 5.81. The number of nitrogens with zero attached hydrogens (tertiary/aromatic N) is 2. The summed E-state index contributed by atoms with van der Waals surface area (Å²) in [5.74, 6) is -0.383. The number of aromatic hydroxyl groups is 1. The van der Waals surface area contributed by atoms with Gasteiger partial charge >= 0.3 is 0 Å². The SMILES string of the molecule is Oc1[nH]c2ccc(Br)cc2c1N=Nc1ccc(F)cc1. The number of nitrogens with one attached hydrogen (secondary N) is 1. The van der Waals surface area contributed by atoms with E-state index in [4.69, 9.17) is 0 Å². The topological polar surface area (TPSA) is 60.7 Å². The fourth-order valence-corrected chi connectivity index (χ4v) is 2.21. The molecule has 2 N–H and O–H groups in total. The van der Waals surface area contributed by atoms with Crippen LogP contribution in [0, 0.1) is 5.82 Å². The minimum atomic E-state index is -0.331. The van der Waals surface area contributed by atoms with Crippen LogP contribution in [0.3, 0.4) is 0 Å². The van der Waals surface area contributed by atoms with E-state index in [-0.39, 0.29) is 11.7 Å². The number of rotatable bonds is 2. The van der Waals surface area contributed by atoms with Gasteiger partial charge in [0.2, 0.25) is 5.88 Å². The maximum absolute atomic E-state index is 12.8. The molecule has 1 aromatic heterocycles. The molecule has 6 heteroatoms. The van der Waals surface area contributed by atoms with Crippen molar-refractivity contribution in [2.75, 3.05) is 0 Å². The van der Waals surface area contributed by atoms with E-state index in [1.165, 1.54) is 24.3 Å². The Kier molecular flexibility index (Phi) is 3.23. The molecule has 1 heterocycles. The molecule has 0 spiro atoms. The summed E-state index contributed by atoms with van der Waals surface area (Å²) in [7, 11) is 0. The highest BCUT2D eigenvalue weighted by molar-refractivity contribution is 9.10. The fraction of sp³-hybridized carbons (Fsp3) is 0. The smallest absolute Gasteiger partial charge is 0.218 e. The largest absolute Gasteiger partial charge is 0.493 e. The van der Waals surface area contributed by atoms with E-state index < -0.39 is 0 Å². The van der Waals surface area contributed by atoms with Crippen molar-refractivity contribution in [2.45, 2.75) is 0 Å². The van der Waals surface area contributed by atoms with Gasteiger partial charge in [-0.25, -0.2) is 4.39 Å². The highest BCUT2D eigenvalue weighted by atomic mass is 79.9. The predicted octanol–water partition coefficient (Wildman–Crippen LogP) is 5.19. The van der Waals surface area contributed by atoms with Crippen molar-refractivity contribution in [2.24, 2.45) is 10.2 Å². The van der Waals surface area contributed by atoms with Gasteiger partial charge in [-0.15, -0.1) is 5.11 Å². The van der Waals surface area contributed by atoms with Crippen LogP contribution in [0.15, 0.2) is 57.2 Å². The Morgan fingerprint density at radius 2 is 1.80 bits per heavy atom. The average molecular weight is 334 g/mol. The molecular weight excluding hydrogens is 325 g/mol. The third-order valence-corrected chi connectivity index (χ3v) is 3.30. The number of aromatic nitrogens is 1. The van der Waals surface area contributed by atoms with Gasteiger partial charge in [-0.2, -0.15) is 5.11 Å². The van der Waals surface area contributed by atoms with E-state index in [0.717, 1.165) is 15.4 Å². The van der Waals surface area contributed by atoms with Crippen LogP contribution < -0.4 is 0 Å². The van der Waals surface area contributed by atoms with Gasteiger partial charge in [0.25, 0.3) is 0 Å². The lowest BCUT2D eigenvalue weighted by Gasteiger charge is -1.94. The zero-order valence-electron chi connectivity index (χ0n) is 10.1. The number of H-pyrrole nitrogens is 1. The van der Waals surface area contributed by atoms with Crippen LogP contribution in [0.1, 0.15) is 0 Å². The Morgan fingerprint density at radius 1 is 1.05 bits per heavy atom. The molecule has 0 aliphatic rings. The summed E-state index contributed by atoms with van der Waals surface area (Å²) < 4.78 is 13.7. The molecule has 0 aliphatic carbocycles. The van der Waals surface area contributed by atoms with Crippen LogP contribution in [0.4, 0.5) is 15.8 Å². The standard InChI is InChI=1S/C14H9BrFN3O/c15-8-1-6-12-11(7-8)13(14(20)17-12)19-18-10-4-2-9(16)3-5-10/h1-7,17,20H. The second-order valence-electron chi connectivity index (χ2n) is 4.19. The average Bonchev–Trinajstić information content (AvgIpc) is 2.73. The molecule has 0 saturated carbocycles. The number of hydrogen-bond acceptors (Lipinski definition) is 3. The molecule has 20 heavy (non-hydrogen) atoms. The summed E-state index contributed by atoms with van der Waals surface area (Å²) in [5, 5.41) is 18.6. The molecule has 0 aliphatic heterocycles. The third kappa shape index (κ3) is 2.42. The van der Waals surface area contributed by atoms with Crippen LogP contribution >= 0.6 is 15.9 Å². The number of hydrogen-bond donors (Lipinski definition) is 2. The summed E-state index contributed by atoms with van der Waals surface area (Å²) in [6, 6.07) is 11.2. The minimum Gasteiger partial charge on any atom is -0.493 e. The van der Waals surface area contributed by atoms with Gasteiger partial charge in [0.05, 0.1) is 11.2 Å². The second kappa shape index (κ2) is 5.05. The van der Waals surface area contributed by atoms with E-state index >= 15 is 0 Å². The van der Waals surface area contributed by atoms with Crippen LogP contribution in [0.5, 0.6) is 5.88 Å². The van der Waals surface area contributed by atoms with E-state index in [0.29, 0.717) is 11.4 Å². The molecule has 3 rings (SSSR count). The lowest BCUT2D eigenvalue weighted by Crippen LogP contribution is -1.69. The van der Waals surface area contributed by atoms with E-state index in [1.54, 1.807) is 0 Å². The van der Waals surface area contributed by atoms with Gasteiger partial charge in [0, 0.05) is 9.86 Å². The van der Waals surface area contributed by atoms with Gasteiger partial charge in [-0.05, 0) is 42.5 Å². The Morgan fingerprint density at radius 3 is 2.55 bits per heavy atom. The number of fused-ring (bicyclic) bond motifs is 1. The number of aromatic amines is 1. The summed E-state index contributed by atoms with van der Waals surface area (Å²) in [4.78, 5) is 2.82. The minimum absolute atomic E-state index is 0.0519. The molecule has 0 radical (unpaired) electrons. The highest BCUT2D eigenvalue weighted by Gasteiger charge is 2.10. The number of halogens is 2. The molecule has 0 bridgehead atoms. The summed E-state index contributed by atoms with van der Waals surface area (Å²) in [6.07, 6.45) is 0. The lowest BCUT2D eigenvalue weighted by atomic mass is 10.2. The lowest BCUT2D eigenvalue weighted by molar-refractivity contribution is 0.459. The van der Waals surface area contributed by atoms with Crippen LogP contribution in [-0.4, -0.2) is 10.1 Å². The van der Waals surface area contributed by atoms with Crippen molar-refractivity contribution < 1.29 is 9.50 Å². The molecule has 4 nitrogen and oxygen atoms in total. The van der Waals surface area contributed by atoms with Gasteiger partial charge in [-0.1, -0.05) is 15.9 Å². The van der Waals surface area contributed by atoms with Gasteiger partial charge < -0.3 is 10.1 Å². The first kappa shape index (κ1) is 12.8. The Labute approximate surface area is 122 Å². The molecular formula is C14H9BrFN3O. The normalized spacial score (nSPS) is 11.5. The first-order chi connectivity index (χ1) is 9.63. The zero-order valence-corrected chi connectivity index (χ0v) is 11.7. The number of benzene rings is 2. The van der Waals surface area contributed by atoms with Gasteiger partial charge in [-0.3, -0.25) is 0 Å². The van der Waals surface area contributed by atoms with E-state index in [1.807, 2.05) is 18.2 Å². The Hall–Kier alpha value is -2.21. The highest BCUT2D eigenvalue weighted by Crippen LogP contribution is 2.37. The van der Waals surface area contributed by atoms with Crippen molar-refractivity contribution in [1.29, 1.82) is 0 Å². The number of azo groups is 1.